The molecule has 1 heterocycles. The summed E-state index contributed by atoms with van der Waals surface area (Å²) in [7, 11) is 0. The van der Waals surface area contributed by atoms with Crippen molar-refractivity contribution in [3.05, 3.63) is 71.4 Å². The van der Waals surface area contributed by atoms with Crippen LogP contribution in [-0.4, -0.2) is 16.7 Å². The highest BCUT2D eigenvalue weighted by molar-refractivity contribution is 6.10. The van der Waals surface area contributed by atoms with Gasteiger partial charge in [-0.2, -0.15) is 0 Å². The van der Waals surface area contributed by atoms with Crippen molar-refractivity contribution in [3.8, 4) is 0 Å². The Balaban J connectivity index is 1.64. The molecule has 0 radical (unpaired) electrons. The van der Waals surface area contributed by atoms with Crippen LogP contribution in [0, 0.1) is 0 Å². The predicted octanol–water partition coefficient (Wildman–Crippen LogP) is 5.83. The summed E-state index contributed by atoms with van der Waals surface area (Å²) < 4.78 is 0. The van der Waals surface area contributed by atoms with Crippen LogP contribution >= 0.6 is 0 Å². The summed E-state index contributed by atoms with van der Waals surface area (Å²) in [6, 6.07) is 20.2. The first-order chi connectivity index (χ1) is 12.4. The number of nitrogens with zero attached hydrogens (tertiary/aromatic N) is 1. The first kappa shape index (κ1) is 14.9. The number of para-hydroxylation sites is 1. The number of aromatic amines is 1. The first-order valence-corrected chi connectivity index (χ1v) is 9.63. The lowest BCUT2D eigenvalue weighted by Gasteiger charge is -2.18. The fourth-order valence-electron chi connectivity index (χ4n) is 4.67. The molecule has 1 atom stereocenters. The van der Waals surface area contributed by atoms with E-state index in [9.17, 15) is 0 Å². The van der Waals surface area contributed by atoms with Gasteiger partial charge in [-0.3, -0.25) is 4.99 Å². The second kappa shape index (κ2) is 6.18. The summed E-state index contributed by atoms with van der Waals surface area (Å²) in [4.78, 5) is 8.92. The van der Waals surface area contributed by atoms with E-state index in [1.165, 1.54) is 65.5 Å². The number of H-pyrrole nitrogens is 1. The molecule has 0 amide bonds. The molecule has 2 aromatic carbocycles. The molecule has 0 aliphatic heterocycles. The van der Waals surface area contributed by atoms with E-state index in [1.54, 1.807) is 0 Å². The minimum atomic E-state index is 0.426. The van der Waals surface area contributed by atoms with Gasteiger partial charge >= 0.3 is 0 Å². The molecule has 2 heteroatoms. The van der Waals surface area contributed by atoms with E-state index >= 15 is 0 Å². The Bertz CT molecular complexity index is 914. The third-order valence-corrected chi connectivity index (χ3v) is 5.90. The second-order valence-corrected chi connectivity index (χ2v) is 7.49. The highest BCUT2D eigenvalue weighted by atomic mass is 14.9. The van der Waals surface area contributed by atoms with E-state index in [2.05, 4.69) is 59.6 Å². The highest BCUT2D eigenvalue weighted by Crippen LogP contribution is 2.43. The molecule has 5 rings (SSSR count). The molecule has 0 bridgehead atoms. The second-order valence-electron chi connectivity index (χ2n) is 7.49. The molecule has 1 saturated carbocycles. The number of benzene rings is 2. The van der Waals surface area contributed by atoms with Crippen LogP contribution in [-0.2, 0) is 0 Å². The van der Waals surface area contributed by atoms with Gasteiger partial charge in [-0.15, -0.1) is 0 Å². The van der Waals surface area contributed by atoms with Crippen molar-refractivity contribution in [2.45, 2.75) is 50.5 Å². The van der Waals surface area contributed by atoms with Gasteiger partial charge in [-0.25, -0.2) is 0 Å². The summed E-state index contributed by atoms with van der Waals surface area (Å²) >= 11 is 0. The first-order valence-electron chi connectivity index (χ1n) is 9.63. The van der Waals surface area contributed by atoms with Gasteiger partial charge < -0.3 is 4.98 Å². The summed E-state index contributed by atoms with van der Waals surface area (Å²) in [6.07, 6.45) is 7.61. The molecule has 126 valence electrons. The maximum Gasteiger partial charge on any atom is 0.0644 e. The Morgan fingerprint density at radius 1 is 0.840 bits per heavy atom. The monoisotopic (exact) mass is 328 g/mol. The lowest BCUT2D eigenvalue weighted by atomic mass is 9.92. The van der Waals surface area contributed by atoms with Crippen molar-refractivity contribution in [2.75, 3.05) is 0 Å². The zero-order chi connectivity index (χ0) is 16.6. The van der Waals surface area contributed by atoms with Crippen molar-refractivity contribution in [1.82, 2.24) is 4.98 Å². The molecule has 2 nitrogen and oxygen atoms in total. The molecule has 3 aromatic rings. The van der Waals surface area contributed by atoms with E-state index < -0.39 is 0 Å². The van der Waals surface area contributed by atoms with E-state index in [1.807, 2.05) is 0 Å². The number of fused-ring (bicyclic) bond motifs is 3. The summed E-state index contributed by atoms with van der Waals surface area (Å²) in [5, 5.41) is 1.36. The summed E-state index contributed by atoms with van der Waals surface area (Å²) in [6.45, 7) is 0. The Kier molecular flexibility index (Phi) is 3.70. The van der Waals surface area contributed by atoms with Crippen LogP contribution in [0.15, 0.2) is 59.6 Å². The van der Waals surface area contributed by atoms with Gasteiger partial charge in [0.2, 0.25) is 0 Å². The van der Waals surface area contributed by atoms with E-state index in [0.29, 0.717) is 12.0 Å². The molecule has 1 N–H and O–H groups in total. The maximum atomic E-state index is 5.23. The molecule has 2 aliphatic carbocycles. The third-order valence-electron chi connectivity index (χ3n) is 5.90. The van der Waals surface area contributed by atoms with Gasteiger partial charge in [0.1, 0.15) is 0 Å². The lowest BCUT2D eigenvalue weighted by molar-refractivity contribution is 0.443. The minimum absolute atomic E-state index is 0.426. The SMILES string of the molecule is c1ccc(C2CC(=NC3CCCCC3)c3[nH]c4ccccc4c32)cc1. The van der Waals surface area contributed by atoms with Crippen molar-refractivity contribution in [1.29, 1.82) is 0 Å². The number of rotatable bonds is 2. The number of hydrogen-bond donors (Lipinski definition) is 1. The Labute approximate surface area is 149 Å². The minimum Gasteiger partial charge on any atom is -0.353 e. The van der Waals surface area contributed by atoms with Gasteiger partial charge in [0.15, 0.2) is 0 Å². The zero-order valence-electron chi connectivity index (χ0n) is 14.5. The van der Waals surface area contributed by atoms with Crippen molar-refractivity contribution in [2.24, 2.45) is 4.99 Å². The fraction of sp³-hybridized carbons (Fsp3) is 0.348. The van der Waals surface area contributed by atoms with Crippen LogP contribution in [0.5, 0.6) is 0 Å². The van der Waals surface area contributed by atoms with Gasteiger partial charge in [-0.05, 0) is 30.0 Å². The summed E-state index contributed by atoms with van der Waals surface area (Å²) in [5.74, 6) is 0.426. The zero-order valence-corrected chi connectivity index (χ0v) is 14.5. The number of nitrogens with one attached hydrogen (secondary N) is 1. The van der Waals surface area contributed by atoms with Crippen LogP contribution in [0.3, 0.4) is 0 Å². The third kappa shape index (κ3) is 2.60. The molecule has 0 spiro atoms. The van der Waals surface area contributed by atoms with E-state index in [0.717, 1.165) is 6.42 Å². The number of aromatic nitrogens is 1. The summed E-state index contributed by atoms with van der Waals surface area (Å²) in [5.41, 5.74) is 6.69. The lowest BCUT2D eigenvalue weighted by Crippen LogP contribution is -2.13. The van der Waals surface area contributed by atoms with Crippen LogP contribution in [0.1, 0.15) is 61.3 Å². The molecule has 1 fully saturated rings. The molecular weight excluding hydrogens is 304 g/mol. The molecular formula is C23H24N2. The van der Waals surface area contributed by atoms with Crippen molar-refractivity contribution >= 4 is 16.6 Å². The van der Waals surface area contributed by atoms with Crippen LogP contribution in [0.2, 0.25) is 0 Å². The van der Waals surface area contributed by atoms with Crippen molar-refractivity contribution in [3.63, 3.8) is 0 Å². The number of aliphatic imine (C=N–C) groups is 1. The Hall–Kier alpha value is -2.35. The van der Waals surface area contributed by atoms with E-state index in [4.69, 9.17) is 4.99 Å². The highest BCUT2D eigenvalue weighted by Gasteiger charge is 2.33. The molecule has 1 unspecified atom stereocenters. The van der Waals surface area contributed by atoms with Gasteiger partial charge in [0.25, 0.3) is 0 Å². The smallest absolute Gasteiger partial charge is 0.0644 e. The van der Waals surface area contributed by atoms with Gasteiger partial charge in [0.05, 0.1) is 17.4 Å². The fourth-order valence-corrected chi connectivity index (χ4v) is 4.67. The Morgan fingerprint density at radius 3 is 2.44 bits per heavy atom. The molecule has 1 aromatic heterocycles. The molecule has 2 aliphatic rings. The quantitative estimate of drug-likeness (QED) is 0.613. The van der Waals surface area contributed by atoms with Gasteiger partial charge in [-0.1, -0.05) is 67.8 Å². The average Bonchev–Trinajstić information content (AvgIpc) is 3.21. The molecule has 0 saturated heterocycles. The standard InChI is InChI=1S/C23H24N2/c1-3-9-16(10-4-1)19-15-21(24-17-11-5-2-6-12-17)23-22(19)18-13-7-8-14-20(18)25-23/h1,3-4,7-10,13-14,17,19,25H,2,5-6,11-12,15H2. The molecule has 25 heavy (non-hydrogen) atoms. The van der Waals surface area contributed by atoms with Crippen LogP contribution in [0.4, 0.5) is 0 Å². The average molecular weight is 328 g/mol. The van der Waals surface area contributed by atoms with Gasteiger partial charge in [0, 0.05) is 23.2 Å². The Morgan fingerprint density at radius 2 is 1.60 bits per heavy atom. The van der Waals surface area contributed by atoms with Crippen LogP contribution < -0.4 is 0 Å². The topological polar surface area (TPSA) is 28.1 Å². The predicted molar refractivity (Wildman–Crippen MR) is 105 cm³/mol. The largest absolute Gasteiger partial charge is 0.353 e. The van der Waals surface area contributed by atoms with Crippen molar-refractivity contribution < 1.29 is 0 Å². The maximum absolute atomic E-state index is 5.23. The van der Waals surface area contributed by atoms with Crippen LogP contribution in [0.25, 0.3) is 10.9 Å². The normalized spacial score (nSPS) is 22.6. The number of hydrogen-bond acceptors (Lipinski definition) is 1. The van der Waals surface area contributed by atoms with E-state index in [-0.39, 0.29) is 0 Å².